The quantitative estimate of drug-likeness (QED) is 0.731. The molecule has 11 heteroatoms. The van der Waals surface area contributed by atoms with Crippen molar-refractivity contribution in [2.45, 2.75) is 50.4 Å². The number of piperidine rings is 1. The van der Waals surface area contributed by atoms with E-state index in [4.69, 9.17) is 4.74 Å². The van der Waals surface area contributed by atoms with E-state index in [9.17, 15) is 22.8 Å². The minimum Gasteiger partial charge on any atom is -0.458 e. The van der Waals surface area contributed by atoms with Crippen molar-refractivity contribution in [2.24, 2.45) is 0 Å². The van der Waals surface area contributed by atoms with Crippen molar-refractivity contribution in [3.63, 3.8) is 0 Å². The fourth-order valence-corrected chi connectivity index (χ4v) is 3.37. The van der Waals surface area contributed by atoms with Crippen LogP contribution in [0.1, 0.15) is 43.0 Å². The summed E-state index contributed by atoms with van der Waals surface area (Å²) in [6.07, 6.45) is 0.485. The van der Waals surface area contributed by atoms with Gasteiger partial charge in [-0.25, -0.2) is 9.97 Å². The molecule has 0 spiro atoms. The highest BCUT2D eigenvalue weighted by Gasteiger charge is 2.33. The van der Waals surface area contributed by atoms with Crippen LogP contribution in [0, 0.1) is 0 Å². The van der Waals surface area contributed by atoms with E-state index in [0.29, 0.717) is 25.3 Å². The standard InChI is InChI=1S/C19H20F3N5O3/c20-19(21,22)15-5-6-23-18(25-15)30-13-2-1-7-26(9-13)17(29)10-27-11-24-14(8-16(27)28)12-3-4-12/h5-6,8,11-13H,1-4,7,9-10H2. The maximum absolute atomic E-state index is 12.8. The number of halogens is 3. The minimum atomic E-state index is -4.59. The minimum absolute atomic E-state index is 0.149. The number of hydrogen-bond donors (Lipinski definition) is 0. The van der Waals surface area contributed by atoms with Crippen molar-refractivity contribution in [3.8, 4) is 6.01 Å². The number of alkyl halides is 3. The summed E-state index contributed by atoms with van der Waals surface area (Å²) >= 11 is 0. The molecule has 1 amide bonds. The maximum Gasteiger partial charge on any atom is 0.433 e. The van der Waals surface area contributed by atoms with Gasteiger partial charge in [0.05, 0.1) is 18.6 Å². The van der Waals surface area contributed by atoms with Gasteiger partial charge in [-0.1, -0.05) is 0 Å². The lowest BCUT2D eigenvalue weighted by Crippen LogP contribution is -2.46. The van der Waals surface area contributed by atoms with Crippen molar-refractivity contribution < 1.29 is 22.7 Å². The van der Waals surface area contributed by atoms with E-state index in [-0.39, 0.29) is 30.6 Å². The summed E-state index contributed by atoms with van der Waals surface area (Å²) in [6.45, 7) is 0.509. The van der Waals surface area contributed by atoms with Crippen molar-refractivity contribution in [1.29, 1.82) is 0 Å². The van der Waals surface area contributed by atoms with Crippen LogP contribution in [0.5, 0.6) is 6.01 Å². The van der Waals surface area contributed by atoms with Gasteiger partial charge in [-0.3, -0.25) is 14.2 Å². The van der Waals surface area contributed by atoms with Crippen LogP contribution in [0.2, 0.25) is 0 Å². The SMILES string of the molecule is O=C(Cn1cnc(C2CC2)cc1=O)N1CCCC(Oc2nccc(C(F)(F)F)n2)C1. The molecular formula is C19H20F3N5O3. The fraction of sp³-hybridized carbons (Fsp3) is 0.526. The summed E-state index contributed by atoms with van der Waals surface area (Å²) in [4.78, 5) is 37.8. The number of nitrogens with zero attached hydrogens (tertiary/aromatic N) is 5. The number of rotatable bonds is 5. The molecule has 1 unspecified atom stereocenters. The highest BCUT2D eigenvalue weighted by Crippen LogP contribution is 2.38. The van der Waals surface area contributed by atoms with Crippen LogP contribution < -0.4 is 10.3 Å². The van der Waals surface area contributed by atoms with Gasteiger partial charge in [0.2, 0.25) is 5.91 Å². The summed E-state index contributed by atoms with van der Waals surface area (Å²) in [7, 11) is 0. The Bertz CT molecular complexity index is 990. The van der Waals surface area contributed by atoms with Gasteiger partial charge >= 0.3 is 12.2 Å². The first-order chi connectivity index (χ1) is 14.3. The van der Waals surface area contributed by atoms with Crippen LogP contribution in [0.15, 0.2) is 29.5 Å². The number of amides is 1. The largest absolute Gasteiger partial charge is 0.458 e. The van der Waals surface area contributed by atoms with Crippen molar-refractivity contribution in [1.82, 2.24) is 24.4 Å². The average Bonchev–Trinajstić information content (AvgIpc) is 3.54. The molecule has 160 valence electrons. The Labute approximate surface area is 169 Å². The van der Waals surface area contributed by atoms with Gasteiger partial charge in [0.15, 0.2) is 5.69 Å². The van der Waals surface area contributed by atoms with E-state index in [1.807, 2.05) is 0 Å². The third kappa shape index (κ3) is 4.77. The molecule has 30 heavy (non-hydrogen) atoms. The van der Waals surface area contributed by atoms with E-state index >= 15 is 0 Å². The molecule has 0 aromatic carbocycles. The first-order valence-corrected chi connectivity index (χ1v) is 9.70. The summed E-state index contributed by atoms with van der Waals surface area (Å²) in [5.41, 5.74) is -0.601. The lowest BCUT2D eigenvalue weighted by molar-refractivity contribution is -0.141. The molecule has 2 aliphatic rings. The molecular weight excluding hydrogens is 403 g/mol. The van der Waals surface area contributed by atoms with Gasteiger partial charge in [-0.2, -0.15) is 18.2 Å². The maximum atomic E-state index is 12.8. The molecule has 3 heterocycles. The molecule has 0 N–H and O–H groups in total. The van der Waals surface area contributed by atoms with Crippen LogP contribution in [0.25, 0.3) is 0 Å². The molecule has 1 aliphatic heterocycles. The van der Waals surface area contributed by atoms with Gasteiger partial charge in [0.1, 0.15) is 12.6 Å². The van der Waals surface area contributed by atoms with Crippen LogP contribution in [-0.4, -0.2) is 49.5 Å². The van der Waals surface area contributed by atoms with E-state index in [0.717, 1.165) is 30.8 Å². The number of carbonyl (C=O) groups excluding carboxylic acids is 1. The first kappa shape index (κ1) is 20.3. The van der Waals surface area contributed by atoms with E-state index in [1.165, 1.54) is 21.9 Å². The van der Waals surface area contributed by atoms with Crippen LogP contribution in [-0.2, 0) is 17.5 Å². The van der Waals surface area contributed by atoms with Gasteiger partial charge in [-0.05, 0) is 31.7 Å². The molecule has 2 aromatic heterocycles. The predicted molar refractivity (Wildman–Crippen MR) is 97.7 cm³/mol. The lowest BCUT2D eigenvalue weighted by Gasteiger charge is -2.32. The topological polar surface area (TPSA) is 90.2 Å². The predicted octanol–water partition coefficient (Wildman–Crippen LogP) is 2.00. The summed E-state index contributed by atoms with van der Waals surface area (Å²) in [5, 5.41) is 0. The van der Waals surface area contributed by atoms with Crippen LogP contribution >= 0.6 is 0 Å². The van der Waals surface area contributed by atoms with Gasteiger partial charge < -0.3 is 9.64 Å². The summed E-state index contributed by atoms with van der Waals surface area (Å²) in [5.74, 6) is 0.0671. The molecule has 4 rings (SSSR count). The summed E-state index contributed by atoms with van der Waals surface area (Å²) in [6, 6.07) is 1.86. The first-order valence-electron chi connectivity index (χ1n) is 9.70. The molecule has 0 bridgehead atoms. The van der Waals surface area contributed by atoms with Gasteiger partial charge in [0.25, 0.3) is 5.56 Å². The van der Waals surface area contributed by atoms with Gasteiger partial charge in [-0.15, -0.1) is 0 Å². The summed E-state index contributed by atoms with van der Waals surface area (Å²) < 4.78 is 45.1. The number of ether oxygens (including phenoxy) is 1. The third-order valence-electron chi connectivity index (χ3n) is 5.13. The fourth-order valence-electron chi connectivity index (χ4n) is 3.37. The highest BCUT2D eigenvalue weighted by atomic mass is 19.4. The van der Waals surface area contributed by atoms with E-state index < -0.39 is 18.0 Å². The van der Waals surface area contributed by atoms with Crippen LogP contribution in [0.4, 0.5) is 13.2 Å². The van der Waals surface area contributed by atoms with Crippen molar-refractivity contribution >= 4 is 5.91 Å². The zero-order valence-corrected chi connectivity index (χ0v) is 16.0. The third-order valence-corrected chi connectivity index (χ3v) is 5.13. The lowest BCUT2D eigenvalue weighted by atomic mass is 10.1. The number of aromatic nitrogens is 4. The average molecular weight is 423 g/mol. The molecule has 1 atom stereocenters. The molecule has 2 fully saturated rings. The molecule has 1 aliphatic carbocycles. The number of likely N-dealkylation sites (tertiary alicyclic amines) is 1. The monoisotopic (exact) mass is 423 g/mol. The Morgan fingerprint density at radius 3 is 2.73 bits per heavy atom. The highest BCUT2D eigenvalue weighted by molar-refractivity contribution is 5.76. The molecule has 1 saturated heterocycles. The Morgan fingerprint density at radius 2 is 2.03 bits per heavy atom. The molecule has 8 nitrogen and oxygen atoms in total. The zero-order chi connectivity index (χ0) is 21.3. The van der Waals surface area contributed by atoms with E-state index in [2.05, 4.69) is 15.0 Å². The number of hydrogen-bond acceptors (Lipinski definition) is 6. The Kier molecular flexibility index (Phi) is 5.44. The van der Waals surface area contributed by atoms with Gasteiger partial charge in [0, 0.05) is 24.7 Å². The van der Waals surface area contributed by atoms with E-state index in [1.54, 1.807) is 0 Å². The molecule has 1 saturated carbocycles. The Balaban J connectivity index is 1.38. The Hall–Kier alpha value is -2.98. The van der Waals surface area contributed by atoms with Crippen molar-refractivity contribution in [3.05, 3.63) is 46.4 Å². The zero-order valence-electron chi connectivity index (χ0n) is 16.0. The van der Waals surface area contributed by atoms with Crippen LogP contribution in [0.3, 0.4) is 0 Å². The normalized spacial score (nSPS) is 19.6. The second-order valence-corrected chi connectivity index (χ2v) is 7.50. The smallest absolute Gasteiger partial charge is 0.433 e. The number of carbonyl (C=O) groups is 1. The van der Waals surface area contributed by atoms with Crippen molar-refractivity contribution in [2.75, 3.05) is 13.1 Å². The molecule has 0 radical (unpaired) electrons. The molecule has 2 aromatic rings. The second kappa shape index (κ2) is 8.04. The second-order valence-electron chi connectivity index (χ2n) is 7.50. The Morgan fingerprint density at radius 1 is 1.23 bits per heavy atom.